The molecule has 0 aromatic carbocycles. The van der Waals surface area contributed by atoms with Crippen LogP contribution in [0.4, 0.5) is 0 Å². The van der Waals surface area contributed by atoms with Gasteiger partial charge in [-0.25, -0.2) is 9.59 Å². The van der Waals surface area contributed by atoms with Crippen LogP contribution in [0.25, 0.3) is 0 Å². The van der Waals surface area contributed by atoms with Crippen molar-refractivity contribution < 1.29 is 14.3 Å². The molecular formula is C38H70O3. The molecule has 0 aliphatic carbocycles. The van der Waals surface area contributed by atoms with E-state index < -0.39 is 11.9 Å². The molecule has 0 aliphatic rings. The molecule has 240 valence electrons. The lowest BCUT2D eigenvalue weighted by Gasteiger charge is -2.05. The first kappa shape index (κ1) is 39.6. The van der Waals surface area contributed by atoms with Gasteiger partial charge in [0.25, 0.3) is 0 Å². The Morgan fingerprint density at radius 2 is 0.610 bits per heavy atom. The monoisotopic (exact) mass is 575 g/mol. The summed E-state index contributed by atoms with van der Waals surface area (Å²) >= 11 is 0. The van der Waals surface area contributed by atoms with Gasteiger partial charge in [0.15, 0.2) is 0 Å². The number of esters is 2. The first-order chi connectivity index (χ1) is 20.0. The van der Waals surface area contributed by atoms with E-state index in [9.17, 15) is 9.59 Å². The van der Waals surface area contributed by atoms with Crippen LogP contribution in [-0.2, 0) is 14.3 Å². The first-order valence-corrected chi connectivity index (χ1v) is 18.1. The van der Waals surface area contributed by atoms with Crippen molar-refractivity contribution in [1.29, 1.82) is 0 Å². The summed E-state index contributed by atoms with van der Waals surface area (Å²) in [4.78, 5) is 24.5. The van der Waals surface area contributed by atoms with E-state index in [-0.39, 0.29) is 0 Å². The number of carbonyl (C=O) groups excluding carboxylic acids is 2. The van der Waals surface area contributed by atoms with Crippen LogP contribution in [-0.4, -0.2) is 11.9 Å². The van der Waals surface area contributed by atoms with E-state index >= 15 is 0 Å². The van der Waals surface area contributed by atoms with E-state index in [0.717, 1.165) is 25.7 Å². The van der Waals surface area contributed by atoms with E-state index in [1.54, 1.807) is 13.8 Å². The van der Waals surface area contributed by atoms with Crippen molar-refractivity contribution in [2.75, 3.05) is 0 Å². The zero-order valence-electron chi connectivity index (χ0n) is 28.2. The van der Waals surface area contributed by atoms with E-state index in [1.807, 2.05) is 12.2 Å². The number of hydrogen-bond acceptors (Lipinski definition) is 3. The summed E-state index contributed by atoms with van der Waals surface area (Å²) in [5.74, 6) is -1.00. The topological polar surface area (TPSA) is 43.4 Å². The van der Waals surface area contributed by atoms with Crippen molar-refractivity contribution in [3.05, 3.63) is 23.3 Å². The minimum Gasteiger partial charge on any atom is -0.386 e. The third-order valence-electron chi connectivity index (χ3n) is 8.35. The molecule has 0 aliphatic heterocycles. The fourth-order valence-corrected chi connectivity index (χ4v) is 5.37. The van der Waals surface area contributed by atoms with Gasteiger partial charge in [-0.1, -0.05) is 180 Å². The largest absolute Gasteiger partial charge is 0.386 e. The fraction of sp³-hybridized carbons (Fsp3) is 0.842. The van der Waals surface area contributed by atoms with Gasteiger partial charge >= 0.3 is 11.9 Å². The molecule has 0 unspecified atom stereocenters. The highest BCUT2D eigenvalue weighted by atomic mass is 16.6. The molecule has 0 saturated heterocycles. The molecule has 0 heterocycles. The Labute approximate surface area is 256 Å². The Morgan fingerprint density at radius 3 is 0.854 bits per heavy atom. The second-order valence-electron chi connectivity index (χ2n) is 12.5. The maximum Gasteiger partial charge on any atom is 0.341 e. The quantitative estimate of drug-likeness (QED) is 0.0371. The third-order valence-corrected chi connectivity index (χ3v) is 8.35. The molecule has 3 nitrogen and oxygen atoms in total. The van der Waals surface area contributed by atoms with E-state index in [2.05, 4.69) is 13.8 Å². The van der Waals surface area contributed by atoms with Crippen molar-refractivity contribution in [1.82, 2.24) is 0 Å². The predicted molar refractivity (Wildman–Crippen MR) is 179 cm³/mol. The third kappa shape index (κ3) is 28.5. The molecule has 0 aromatic heterocycles. The molecule has 0 aromatic rings. The van der Waals surface area contributed by atoms with Crippen molar-refractivity contribution in [3.8, 4) is 0 Å². The highest BCUT2D eigenvalue weighted by molar-refractivity contribution is 6.01. The molecule has 0 amide bonds. The average molecular weight is 575 g/mol. The number of ether oxygens (including phenoxy) is 1. The molecule has 0 bridgehead atoms. The SMILES string of the molecule is CCCCCCCCCCCCC=C(C)C(=O)OC(=O)C(C)=CCCCCCCCCCCCCCCCCCC. The Hall–Kier alpha value is -1.38. The first-order valence-electron chi connectivity index (χ1n) is 18.1. The number of unbranched alkanes of at least 4 members (excludes halogenated alkanes) is 26. The van der Waals surface area contributed by atoms with Gasteiger partial charge in [0.1, 0.15) is 0 Å². The summed E-state index contributed by atoms with van der Waals surface area (Å²) in [5, 5.41) is 0. The van der Waals surface area contributed by atoms with Gasteiger partial charge in [0.2, 0.25) is 0 Å². The highest BCUT2D eigenvalue weighted by Gasteiger charge is 2.13. The maximum atomic E-state index is 12.3. The molecule has 0 radical (unpaired) electrons. The van der Waals surface area contributed by atoms with Crippen LogP contribution in [0.15, 0.2) is 23.3 Å². The molecular weight excluding hydrogens is 504 g/mol. The number of hydrogen-bond donors (Lipinski definition) is 0. The van der Waals surface area contributed by atoms with Gasteiger partial charge in [0, 0.05) is 11.1 Å². The highest BCUT2D eigenvalue weighted by Crippen LogP contribution is 2.15. The van der Waals surface area contributed by atoms with Crippen molar-refractivity contribution in [2.45, 2.75) is 207 Å². The van der Waals surface area contributed by atoms with Gasteiger partial charge in [-0.15, -0.1) is 0 Å². The van der Waals surface area contributed by atoms with Gasteiger partial charge in [-0.05, 0) is 39.5 Å². The van der Waals surface area contributed by atoms with Gasteiger partial charge < -0.3 is 4.74 Å². The van der Waals surface area contributed by atoms with Crippen LogP contribution in [0.2, 0.25) is 0 Å². The second-order valence-corrected chi connectivity index (χ2v) is 12.5. The summed E-state index contributed by atoms with van der Waals surface area (Å²) in [6.45, 7) is 8.05. The summed E-state index contributed by atoms with van der Waals surface area (Å²) in [7, 11) is 0. The maximum absolute atomic E-state index is 12.3. The van der Waals surface area contributed by atoms with Gasteiger partial charge in [-0.3, -0.25) is 0 Å². The Morgan fingerprint density at radius 1 is 0.390 bits per heavy atom. The Balaban J connectivity index is 3.67. The van der Waals surface area contributed by atoms with Crippen LogP contribution in [0.1, 0.15) is 207 Å². The lowest BCUT2D eigenvalue weighted by Crippen LogP contribution is -2.14. The molecule has 0 N–H and O–H groups in total. The minimum atomic E-state index is -0.503. The molecule has 3 heteroatoms. The van der Waals surface area contributed by atoms with Crippen molar-refractivity contribution >= 4 is 11.9 Å². The summed E-state index contributed by atoms with van der Waals surface area (Å²) in [6, 6.07) is 0. The van der Waals surface area contributed by atoms with Crippen LogP contribution in [0.5, 0.6) is 0 Å². The molecule has 41 heavy (non-hydrogen) atoms. The molecule has 0 rings (SSSR count). The number of carbonyl (C=O) groups is 2. The van der Waals surface area contributed by atoms with Crippen molar-refractivity contribution in [2.24, 2.45) is 0 Å². The zero-order chi connectivity index (χ0) is 30.2. The summed E-state index contributed by atoms with van der Waals surface area (Å²) in [6.07, 6.45) is 40.4. The number of rotatable bonds is 30. The zero-order valence-corrected chi connectivity index (χ0v) is 28.2. The van der Waals surface area contributed by atoms with E-state index in [0.29, 0.717) is 11.1 Å². The van der Waals surface area contributed by atoms with Gasteiger partial charge in [0.05, 0.1) is 0 Å². The van der Waals surface area contributed by atoms with Crippen LogP contribution >= 0.6 is 0 Å². The summed E-state index contributed by atoms with van der Waals surface area (Å²) < 4.78 is 5.09. The lowest BCUT2D eigenvalue weighted by molar-refractivity contribution is -0.154. The lowest BCUT2D eigenvalue weighted by atomic mass is 10.0. The summed E-state index contributed by atoms with van der Waals surface area (Å²) in [5.41, 5.74) is 1.08. The van der Waals surface area contributed by atoms with Crippen LogP contribution in [0.3, 0.4) is 0 Å². The Bertz CT molecular complexity index is 660. The van der Waals surface area contributed by atoms with Crippen molar-refractivity contribution in [3.63, 3.8) is 0 Å². The average Bonchev–Trinajstić information content (AvgIpc) is 2.97. The molecule has 0 spiro atoms. The molecule has 0 atom stereocenters. The van der Waals surface area contributed by atoms with E-state index in [4.69, 9.17) is 4.74 Å². The van der Waals surface area contributed by atoms with Crippen LogP contribution in [0, 0.1) is 0 Å². The van der Waals surface area contributed by atoms with Gasteiger partial charge in [-0.2, -0.15) is 0 Å². The second kappa shape index (κ2) is 31.6. The Kier molecular flexibility index (Phi) is 30.5. The minimum absolute atomic E-state index is 0.502. The molecule has 0 fully saturated rings. The molecule has 0 saturated carbocycles. The normalized spacial score (nSPS) is 12.2. The fourth-order valence-electron chi connectivity index (χ4n) is 5.37. The smallest absolute Gasteiger partial charge is 0.341 e. The van der Waals surface area contributed by atoms with E-state index in [1.165, 1.54) is 154 Å². The van der Waals surface area contributed by atoms with Crippen LogP contribution < -0.4 is 0 Å². The predicted octanol–water partition coefficient (Wildman–Crippen LogP) is 12.9. The standard InChI is InChI=1S/C38H70O3/c1-5-7-9-11-13-15-17-18-19-20-21-22-24-26-28-30-32-34-36(4)38(40)41-37(39)35(3)33-31-29-27-25-23-16-14-12-10-8-6-2/h33-34H,5-32H2,1-4H3. The number of allylic oxidation sites excluding steroid dienone is 2.